The summed E-state index contributed by atoms with van der Waals surface area (Å²) in [7, 11) is 0. The van der Waals surface area contributed by atoms with Crippen molar-refractivity contribution in [3.05, 3.63) is 23.4 Å². The fourth-order valence-electron chi connectivity index (χ4n) is 3.07. The molecule has 3 N–H and O–H groups in total. The number of nitrogens with one attached hydrogen (secondary N) is 1. The number of pyridine rings is 1. The van der Waals surface area contributed by atoms with Gasteiger partial charge in [-0.2, -0.15) is 0 Å². The lowest BCUT2D eigenvalue weighted by Crippen LogP contribution is -2.53. The van der Waals surface area contributed by atoms with Gasteiger partial charge in [-0.1, -0.05) is 25.4 Å². The number of anilines is 1. The molecule has 26 heavy (non-hydrogen) atoms. The molecule has 9 heteroatoms. The van der Waals surface area contributed by atoms with Crippen LogP contribution in [-0.2, 0) is 9.59 Å². The van der Waals surface area contributed by atoms with Crippen molar-refractivity contribution in [2.24, 2.45) is 11.8 Å². The van der Waals surface area contributed by atoms with Crippen molar-refractivity contribution in [2.45, 2.75) is 26.4 Å². The summed E-state index contributed by atoms with van der Waals surface area (Å²) in [6, 6.07) is 3.60. The van der Waals surface area contributed by atoms with Crippen LogP contribution in [0.25, 0.3) is 0 Å². The third-order valence-corrected chi connectivity index (χ3v) is 4.65. The smallest absolute Gasteiger partial charge is 0.272 e. The van der Waals surface area contributed by atoms with E-state index in [4.69, 9.17) is 16.8 Å². The van der Waals surface area contributed by atoms with Crippen LogP contribution < -0.4 is 10.4 Å². The lowest BCUT2D eigenvalue weighted by atomic mass is 9.90. The molecular weight excluding hydrogens is 360 g/mol. The van der Waals surface area contributed by atoms with E-state index in [1.807, 2.05) is 19.9 Å². The van der Waals surface area contributed by atoms with Gasteiger partial charge in [0.2, 0.25) is 5.91 Å². The quantitative estimate of drug-likeness (QED) is 0.497. The molecule has 0 aromatic carbocycles. The normalized spacial score (nSPS) is 17.2. The van der Waals surface area contributed by atoms with Gasteiger partial charge in [0.15, 0.2) is 0 Å². The maximum absolute atomic E-state index is 12.8. The molecule has 144 valence electrons. The predicted octanol–water partition coefficient (Wildman–Crippen LogP) is 0.912. The van der Waals surface area contributed by atoms with E-state index in [0.29, 0.717) is 37.6 Å². The first-order chi connectivity index (χ1) is 12.3. The molecule has 0 aliphatic carbocycles. The number of carbonyl (C=O) groups excluding carboxylic acids is 2. The molecule has 0 unspecified atom stereocenters. The molecule has 2 rings (SSSR count). The van der Waals surface area contributed by atoms with E-state index in [1.165, 1.54) is 5.48 Å². The largest absolute Gasteiger partial charge is 0.382 e. The number of hydroxylamine groups is 1. The number of aliphatic hydroxyl groups is 1. The van der Waals surface area contributed by atoms with Crippen LogP contribution in [0.4, 0.5) is 5.82 Å². The first-order valence-electron chi connectivity index (χ1n) is 8.60. The van der Waals surface area contributed by atoms with Crippen molar-refractivity contribution >= 4 is 29.2 Å². The van der Waals surface area contributed by atoms with Gasteiger partial charge >= 0.3 is 0 Å². The van der Waals surface area contributed by atoms with Crippen LogP contribution in [-0.4, -0.2) is 64.3 Å². The summed E-state index contributed by atoms with van der Waals surface area (Å²) in [4.78, 5) is 32.4. The number of hydrogen-bond acceptors (Lipinski definition) is 6. The van der Waals surface area contributed by atoms with Gasteiger partial charge in [-0.15, -0.1) is 0 Å². The first kappa shape index (κ1) is 20.4. The van der Waals surface area contributed by atoms with Crippen molar-refractivity contribution in [1.82, 2.24) is 15.4 Å². The molecule has 1 aliphatic heterocycles. The van der Waals surface area contributed by atoms with Crippen molar-refractivity contribution in [3.8, 4) is 0 Å². The van der Waals surface area contributed by atoms with Crippen LogP contribution in [0.3, 0.4) is 0 Å². The van der Waals surface area contributed by atoms with Gasteiger partial charge < -0.3 is 14.9 Å². The van der Waals surface area contributed by atoms with Crippen LogP contribution in [0.2, 0.25) is 5.02 Å². The van der Waals surface area contributed by atoms with Crippen molar-refractivity contribution in [2.75, 3.05) is 31.1 Å². The molecule has 1 fully saturated rings. The molecule has 8 nitrogen and oxygen atoms in total. The summed E-state index contributed by atoms with van der Waals surface area (Å²) in [5.74, 6) is -1.22. The minimum atomic E-state index is -1.58. The number of nitrogens with zero attached hydrogens (tertiary/aromatic N) is 3. The molecular formula is C17H25ClN4O4. The molecule has 0 bridgehead atoms. The van der Waals surface area contributed by atoms with Gasteiger partial charge in [-0.25, -0.2) is 10.5 Å². The van der Waals surface area contributed by atoms with Crippen molar-refractivity contribution < 1.29 is 19.9 Å². The Kier molecular flexibility index (Phi) is 7.19. The first-order valence-corrected chi connectivity index (χ1v) is 8.98. The molecule has 0 radical (unpaired) electrons. The molecule has 1 aromatic rings. The van der Waals surface area contributed by atoms with Crippen LogP contribution in [0.1, 0.15) is 20.3 Å². The van der Waals surface area contributed by atoms with E-state index in [-0.39, 0.29) is 11.8 Å². The van der Waals surface area contributed by atoms with E-state index in [9.17, 15) is 14.7 Å². The Morgan fingerprint density at radius 3 is 2.42 bits per heavy atom. The Bertz CT molecular complexity index is 618. The Hall–Kier alpha value is -1.90. The lowest BCUT2D eigenvalue weighted by molar-refractivity contribution is -0.151. The molecule has 0 saturated carbocycles. The van der Waals surface area contributed by atoms with E-state index in [1.54, 1.807) is 17.2 Å². The molecule has 2 amide bonds. The van der Waals surface area contributed by atoms with Crippen LogP contribution in [0.5, 0.6) is 0 Å². The topological polar surface area (TPSA) is 106 Å². The molecule has 1 aliphatic rings. The highest BCUT2D eigenvalue weighted by atomic mass is 35.5. The van der Waals surface area contributed by atoms with Crippen molar-refractivity contribution in [3.63, 3.8) is 0 Å². The number of piperazine rings is 1. The van der Waals surface area contributed by atoms with Gasteiger partial charge in [0.25, 0.3) is 5.91 Å². The molecule has 2 heterocycles. The number of aliphatic hydroxyl groups excluding tert-OH is 1. The van der Waals surface area contributed by atoms with Gasteiger partial charge in [0.1, 0.15) is 11.9 Å². The predicted molar refractivity (Wildman–Crippen MR) is 96.9 cm³/mol. The zero-order valence-corrected chi connectivity index (χ0v) is 15.7. The minimum absolute atomic E-state index is 0.115. The lowest BCUT2D eigenvalue weighted by Gasteiger charge is -2.37. The zero-order valence-electron chi connectivity index (χ0n) is 14.9. The standard InChI is InChI=1S/C17H25ClN4O4/c1-11(2)9-13(15(23)16(24)20-26)17(25)22-7-5-21(6-8-22)14-4-3-12(18)10-19-14/h3-4,10-11,13,15,23,26H,5-9H2,1-2H3,(H,20,24)/t13-,15+/m0/s1. The zero-order chi connectivity index (χ0) is 19.3. The van der Waals surface area contributed by atoms with Gasteiger partial charge in [0.05, 0.1) is 10.9 Å². The number of carbonyl (C=O) groups is 2. The second-order valence-electron chi connectivity index (χ2n) is 6.80. The van der Waals surface area contributed by atoms with E-state index < -0.39 is 17.9 Å². The fourth-order valence-corrected chi connectivity index (χ4v) is 3.18. The second kappa shape index (κ2) is 9.16. The summed E-state index contributed by atoms with van der Waals surface area (Å²) < 4.78 is 0. The number of aromatic nitrogens is 1. The highest BCUT2D eigenvalue weighted by Gasteiger charge is 2.36. The number of rotatable bonds is 6. The average molecular weight is 385 g/mol. The molecule has 1 aromatic heterocycles. The third kappa shape index (κ3) is 5.06. The Labute approximate surface area is 157 Å². The maximum atomic E-state index is 12.8. The number of halogens is 1. The third-order valence-electron chi connectivity index (χ3n) is 4.43. The van der Waals surface area contributed by atoms with E-state index in [2.05, 4.69) is 9.88 Å². The molecule has 2 atom stereocenters. The van der Waals surface area contributed by atoms with Crippen LogP contribution in [0, 0.1) is 11.8 Å². The van der Waals surface area contributed by atoms with Gasteiger partial charge in [0, 0.05) is 32.4 Å². The van der Waals surface area contributed by atoms with Crippen LogP contribution >= 0.6 is 11.6 Å². The van der Waals surface area contributed by atoms with E-state index in [0.717, 1.165) is 5.82 Å². The average Bonchev–Trinajstić information content (AvgIpc) is 2.65. The summed E-state index contributed by atoms with van der Waals surface area (Å²) >= 11 is 5.85. The second-order valence-corrected chi connectivity index (χ2v) is 7.24. The van der Waals surface area contributed by atoms with Crippen LogP contribution in [0.15, 0.2) is 18.3 Å². The Morgan fingerprint density at radius 2 is 1.92 bits per heavy atom. The highest BCUT2D eigenvalue weighted by molar-refractivity contribution is 6.30. The molecule has 0 spiro atoms. The Balaban J connectivity index is 2.01. The molecule has 1 saturated heterocycles. The monoisotopic (exact) mass is 384 g/mol. The summed E-state index contributed by atoms with van der Waals surface area (Å²) in [6.07, 6.45) is 0.356. The fraction of sp³-hybridized carbons (Fsp3) is 0.588. The van der Waals surface area contributed by atoms with Crippen molar-refractivity contribution in [1.29, 1.82) is 0 Å². The highest BCUT2D eigenvalue weighted by Crippen LogP contribution is 2.22. The summed E-state index contributed by atoms with van der Waals surface area (Å²) in [6.45, 7) is 5.94. The minimum Gasteiger partial charge on any atom is -0.382 e. The summed E-state index contributed by atoms with van der Waals surface area (Å²) in [5, 5.41) is 19.4. The number of amides is 2. The van der Waals surface area contributed by atoms with E-state index >= 15 is 0 Å². The van der Waals surface area contributed by atoms with Gasteiger partial charge in [-0.3, -0.25) is 14.8 Å². The maximum Gasteiger partial charge on any atom is 0.272 e. The van der Waals surface area contributed by atoms with Gasteiger partial charge in [-0.05, 0) is 24.5 Å². The Morgan fingerprint density at radius 1 is 1.27 bits per heavy atom. The number of hydrogen-bond donors (Lipinski definition) is 3. The summed E-state index contributed by atoms with van der Waals surface area (Å²) in [5.41, 5.74) is 1.42. The SMILES string of the molecule is CC(C)C[C@H](C(=O)N1CCN(c2ccc(Cl)cn2)CC1)[C@@H](O)C(=O)NO.